The molecule has 1 N–H and O–H groups in total. The Morgan fingerprint density at radius 1 is 1.11 bits per heavy atom. The van der Waals surface area contributed by atoms with E-state index in [0.717, 1.165) is 19.4 Å². The first-order chi connectivity index (χ1) is 9.38. The minimum absolute atomic E-state index is 0.699. The molecule has 0 bridgehead atoms. The zero-order chi connectivity index (χ0) is 13.3. The van der Waals surface area contributed by atoms with Gasteiger partial charge in [-0.15, -0.1) is 0 Å². The number of rotatable bonds is 7. The van der Waals surface area contributed by atoms with Gasteiger partial charge < -0.3 is 10.1 Å². The van der Waals surface area contributed by atoms with Gasteiger partial charge in [0.05, 0.1) is 6.61 Å². The number of hydrogen-bond acceptors (Lipinski definition) is 3. The second kappa shape index (κ2) is 7.54. The summed E-state index contributed by atoms with van der Waals surface area (Å²) in [5.41, 5.74) is 2.54. The van der Waals surface area contributed by atoms with Crippen LogP contribution < -0.4 is 10.1 Å². The zero-order valence-electron chi connectivity index (χ0n) is 11.3. The van der Waals surface area contributed by atoms with E-state index in [2.05, 4.69) is 34.6 Å². The summed E-state index contributed by atoms with van der Waals surface area (Å²) in [4.78, 5) is 4.22. The van der Waals surface area contributed by atoms with Crippen LogP contribution in [0.2, 0.25) is 0 Å². The molecule has 0 amide bonds. The number of ether oxygens (including phenoxy) is 1. The summed E-state index contributed by atoms with van der Waals surface area (Å²) < 4.78 is 5.68. The van der Waals surface area contributed by atoms with Crippen molar-refractivity contribution in [2.45, 2.75) is 19.4 Å². The molecular weight excluding hydrogens is 236 g/mol. The Bertz CT molecular complexity index is 485. The van der Waals surface area contributed by atoms with Crippen LogP contribution in [0.4, 0.5) is 0 Å². The molecule has 19 heavy (non-hydrogen) atoms. The van der Waals surface area contributed by atoms with Crippen LogP contribution >= 0.6 is 0 Å². The average molecular weight is 256 g/mol. The van der Waals surface area contributed by atoms with Gasteiger partial charge in [0.2, 0.25) is 5.88 Å². The lowest BCUT2D eigenvalue weighted by Gasteiger charge is -2.07. The van der Waals surface area contributed by atoms with Crippen molar-refractivity contribution in [3.05, 3.63) is 59.8 Å². The van der Waals surface area contributed by atoms with E-state index < -0.39 is 0 Å². The van der Waals surface area contributed by atoms with E-state index >= 15 is 0 Å². The molecule has 0 aliphatic carbocycles. The van der Waals surface area contributed by atoms with Crippen LogP contribution in [0.3, 0.4) is 0 Å². The Balaban J connectivity index is 1.75. The Morgan fingerprint density at radius 2 is 1.95 bits per heavy atom. The number of benzene rings is 1. The Hall–Kier alpha value is -1.87. The Kier molecular flexibility index (Phi) is 5.38. The highest BCUT2D eigenvalue weighted by Gasteiger charge is 1.98. The van der Waals surface area contributed by atoms with Crippen LogP contribution in [0, 0.1) is 0 Å². The normalized spacial score (nSPS) is 10.4. The van der Waals surface area contributed by atoms with Gasteiger partial charge in [-0.05, 0) is 37.1 Å². The van der Waals surface area contributed by atoms with Crippen molar-refractivity contribution in [3.8, 4) is 5.88 Å². The molecule has 2 aromatic rings. The molecule has 3 nitrogen and oxygen atoms in total. The van der Waals surface area contributed by atoms with Gasteiger partial charge in [-0.25, -0.2) is 4.98 Å². The molecule has 0 aliphatic heterocycles. The summed E-state index contributed by atoms with van der Waals surface area (Å²) in [5, 5.41) is 3.12. The Labute approximate surface area is 114 Å². The van der Waals surface area contributed by atoms with Crippen LogP contribution in [-0.4, -0.2) is 18.6 Å². The summed E-state index contributed by atoms with van der Waals surface area (Å²) in [5.74, 6) is 0.709. The number of pyridine rings is 1. The standard InChI is InChI=1S/C16H20N2O/c1-17-13-15-9-10-18-16(12-15)19-11-5-8-14-6-3-2-4-7-14/h2-4,6-7,9-10,12,17H,5,8,11,13H2,1H3. The van der Waals surface area contributed by atoms with Gasteiger partial charge >= 0.3 is 0 Å². The lowest BCUT2D eigenvalue weighted by Crippen LogP contribution is -2.06. The Morgan fingerprint density at radius 3 is 2.74 bits per heavy atom. The first kappa shape index (κ1) is 13.6. The molecule has 0 unspecified atom stereocenters. The fourth-order valence-electron chi connectivity index (χ4n) is 1.94. The van der Waals surface area contributed by atoms with E-state index in [-0.39, 0.29) is 0 Å². The summed E-state index contributed by atoms with van der Waals surface area (Å²) in [6, 6.07) is 14.4. The van der Waals surface area contributed by atoms with Crippen molar-refractivity contribution >= 4 is 0 Å². The minimum Gasteiger partial charge on any atom is -0.478 e. The van der Waals surface area contributed by atoms with Gasteiger partial charge in [-0.1, -0.05) is 30.3 Å². The second-order valence-corrected chi connectivity index (χ2v) is 4.47. The van der Waals surface area contributed by atoms with Gasteiger partial charge in [0, 0.05) is 18.8 Å². The van der Waals surface area contributed by atoms with Crippen molar-refractivity contribution in [1.82, 2.24) is 10.3 Å². The summed E-state index contributed by atoms with van der Waals surface area (Å²) in [6.07, 6.45) is 3.83. The molecule has 1 aromatic carbocycles. The average Bonchev–Trinajstić information content (AvgIpc) is 2.46. The molecule has 0 atom stereocenters. The number of nitrogens with one attached hydrogen (secondary N) is 1. The van der Waals surface area contributed by atoms with Crippen molar-refractivity contribution in [2.24, 2.45) is 0 Å². The molecule has 2 rings (SSSR count). The predicted molar refractivity (Wildman–Crippen MR) is 77.3 cm³/mol. The smallest absolute Gasteiger partial charge is 0.213 e. The SMILES string of the molecule is CNCc1ccnc(OCCCc2ccccc2)c1. The lowest BCUT2D eigenvalue weighted by atomic mass is 10.1. The maximum absolute atomic E-state index is 5.68. The quantitative estimate of drug-likeness (QED) is 0.773. The zero-order valence-corrected chi connectivity index (χ0v) is 11.3. The molecule has 0 fully saturated rings. The summed E-state index contributed by atoms with van der Waals surface area (Å²) >= 11 is 0. The molecule has 3 heteroatoms. The number of aryl methyl sites for hydroxylation is 1. The lowest BCUT2D eigenvalue weighted by molar-refractivity contribution is 0.299. The summed E-state index contributed by atoms with van der Waals surface area (Å²) in [7, 11) is 1.93. The van der Waals surface area contributed by atoms with Gasteiger partial charge in [0.1, 0.15) is 0 Å². The fourth-order valence-corrected chi connectivity index (χ4v) is 1.94. The van der Waals surface area contributed by atoms with Crippen LogP contribution in [-0.2, 0) is 13.0 Å². The maximum Gasteiger partial charge on any atom is 0.213 e. The molecule has 1 aromatic heterocycles. The van der Waals surface area contributed by atoms with Crippen LogP contribution in [0.5, 0.6) is 5.88 Å². The van der Waals surface area contributed by atoms with E-state index in [1.165, 1.54) is 11.1 Å². The van der Waals surface area contributed by atoms with Crippen molar-refractivity contribution in [1.29, 1.82) is 0 Å². The minimum atomic E-state index is 0.699. The highest BCUT2D eigenvalue weighted by Crippen LogP contribution is 2.10. The third-order valence-corrected chi connectivity index (χ3v) is 2.88. The molecule has 0 saturated heterocycles. The highest BCUT2D eigenvalue weighted by atomic mass is 16.5. The molecule has 0 spiro atoms. The molecule has 0 saturated carbocycles. The third kappa shape index (κ3) is 4.72. The van der Waals surface area contributed by atoms with Gasteiger partial charge in [0.25, 0.3) is 0 Å². The summed E-state index contributed by atoms with van der Waals surface area (Å²) in [6.45, 7) is 1.54. The topological polar surface area (TPSA) is 34.2 Å². The molecule has 100 valence electrons. The van der Waals surface area contributed by atoms with Crippen LogP contribution in [0.25, 0.3) is 0 Å². The second-order valence-electron chi connectivity index (χ2n) is 4.47. The highest BCUT2D eigenvalue weighted by molar-refractivity contribution is 5.20. The van der Waals surface area contributed by atoms with Crippen LogP contribution in [0.15, 0.2) is 48.7 Å². The predicted octanol–water partition coefficient (Wildman–Crippen LogP) is 2.81. The number of aromatic nitrogens is 1. The van der Waals surface area contributed by atoms with E-state index in [0.29, 0.717) is 12.5 Å². The molecule has 0 aliphatic rings. The van der Waals surface area contributed by atoms with E-state index in [4.69, 9.17) is 4.74 Å². The largest absolute Gasteiger partial charge is 0.478 e. The van der Waals surface area contributed by atoms with Crippen molar-refractivity contribution < 1.29 is 4.74 Å². The van der Waals surface area contributed by atoms with E-state index in [9.17, 15) is 0 Å². The van der Waals surface area contributed by atoms with E-state index in [1.807, 2.05) is 25.2 Å². The monoisotopic (exact) mass is 256 g/mol. The molecular formula is C16H20N2O. The van der Waals surface area contributed by atoms with E-state index in [1.54, 1.807) is 6.20 Å². The van der Waals surface area contributed by atoms with Crippen molar-refractivity contribution in [2.75, 3.05) is 13.7 Å². The van der Waals surface area contributed by atoms with Gasteiger partial charge in [0.15, 0.2) is 0 Å². The maximum atomic E-state index is 5.68. The number of hydrogen-bond donors (Lipinski definition) is 1. The van der Waals surface area contributed by atoms with Crippen molar-refractivity contribution in [3.63, 3.8) is 0 Å². The molecule has 1 heterocycles. The fraction of sp³-hybridized carbons (Fsp3) is 0.312. The molecule has 0 radical (unpaired) electrons. The first-order valence-electron chi connectivity index (χ1n) is 6.65. The third-order valence-electron chi connectivity index (χ3n) is 2.88. The van der Waals surface area contributed by atoms with Crippen LogP contribution in [0.1, 0.15) is 17.5 Å². The first-order valence-corrected chi connectivity index (χ1v) is 6.65. The van der Waals surface area contributed by atoms with Gasteiger partial charge in [-0.3, -0.25) is 0 Å². The van der Waals surface area contributed by atoms with Gasteiger partial charge in [-0.2, -0.15) is 0 Å². The number of nitrogens with zero attached hydrogens (tertiary/aromatic N) is 1.